The summed E-state index contributed by atoms with van der Waals surface area (Å²) in [4.78, 5) is 33.3. The van der Waals surface area contributed by atoms with Crippen LogP contribution >= 0.6 is 11.6 Å². The van der Waals surface area contributed by atoms with Crippen molar-refractivity contribution in [1.82, 2.24) is 4.68 Å². The minimum atomic E-state index is -1.48. The number of pyridine rings is 1. The highest BCUT2D eigenvalue weighted by Gasteiger charge is 2.16. The lowest BCUT2D eigenvalue weighted by atomic mass is 10.1. The Labute approximate surface area is 110 Å². The molecule has 2 rings (SSSR count). The van der Waals surface area contributed by atoms with Crippen molar-refractivity contribution in [2.24, 2.45) is 0 Å². The summed E-state index contributed by atoms with van der Waals surface area (Å²) < 4.78 is 14.3. The van der Waals surface area contributed by atoms with Gasteiger partial charge in [0.15, 0.2) is 0 Å². The first-order chi connectivity index (χ1) is 8.95. The number of rotatable bonds is 3. The van der Waals surface area contributed by atoms with E-state index in [0.29, 0.717) is 0 Å². The number of carboxylic acids is 1. The van der Waals surface area contributed by atoms with Crippen molar-refractivity contribution in [2.75, 3.05) is 5.43 Å². The minimum Gasteiger partial charge on any atom is -0.477 e. The van der Waals surface area contributed by atoms with Gasteiger partial charge in [-0.15, -0.1) is 0 Å². The monoisotopic (exact) mass is 284 g/mol. The lowest BCUT2D eigenvalue weighted by Crippen LogP contribution is -2.23. The van der Waals surface area contributed by atoms with Crippen molar-refractivity contribution in [2.45, 2.75) is 0 Å². The molecule has 1 heterocycles. The number of nitrogens with zero attached hydrogens (tertiary/aromatic N) is 1. The summed E-state index contributed by atoms with van der Waals surface area (Å²) in [5, 5.41) is 8.44. The number of benzene rings is 1. The second-order valence-electron chi connectivity index (χ2n) is 3.58. The van der Waals surface area contributed by atoms with E-state index in [0.717, 1.165) is 23.0 Å². The molecular weight excluding hydrogens is 279 g/mol. The van der Waals surface area contributed by atoms with Crippen molar-refractivity contribution in [3.05, 3.63) is 45.0 Å². The Balaban J connectivity index is 2.96. The van der Waals surface area contributed by atoms with Gasteiger partial charge in [-0.1, -0.05) is 11.6 Å². The van der Waals surface area contributed by atoms with Gasteiger partial charge in [-0.05, 0) is 12.1 Å². The number of aromatic nitrogens is 1. The zero-order valence-corrected chi connectivity index (χ0v) is 9.94. The predicted molar refractivity (Wildman–Crippen MR) is 65.6 cm³/mol. The minimum absolute atomic E-state index is 0.0912. The number of carboxylic acid groups (broad SMARTS) is 1. The molecule has 6 nitrogen and oxygen atoms in total. The van der Waals surface area contributed by atoms with Crippen LogP contribution in [0.4, 0.5) is 4.39 Å². The van der Waals surface area contributed by atoms with Gasteiger partial charge >= 0.3 is 5.97 Å². The Morgan fingerprint density at radius 1 is 1.47 bits per heavy atom. The van der Waals surface area contributed by atoms with E-state index in [2.05, 4.69) is 5.43 Å². The molecule has 98 valence electrons. The van der Waals surface area contributed by atoms with Crippen LogP contribution in [0.2, 0.25) is 5.02 Å². The number of halogens is 2. The number of fused-ring (bicyclic) bond motifs is 1. The SMILES string of the molecule is O=CNn1cc(C(=O)O)c(=O)c2cc(F)c(Cl)cc21. The van der Waals surface area contributed by atoms with Crippen molar-refractivity contribution in [3.8, 4) is 0 Å². The molecule has 1 aromatic heterocycles. The number of hydrogen-bond acceptors (Lipinski definition) is 3. The highest BCUT2D eigenvalue weighted by atomic mass is 35.5. The molecule has 0 fully saturated rings. The highest BCUT2D eigenvalue weighted by molar-refractivity contribution is 6.31. The molecule has 0 aliphatic rings. The molecule has 1 amide bonds. The summed E-state index contributed by atoms with van der Waals surface area (Å²) in [5.74, 6) is -2.34. The van der Waals surface area contributed by atoms with Crippen molar-refractivity contribution < 1.29 is 19.1 Å². The Hall–Kier alpha value is -2.41. The molecule has 1 aromatic carbocycles. The third kappa shape index (κ3) is 2.15. The second kappa shape index (κ2) is 4.69. The summed E-state index contributed by atoms with van der Waals surface area (Å²) >= 11 is 5.59. The number of aromatic carboxylic acids is 1. The lowest BCUT2D eigenvalue weighted by molar-refractivity contribution is -0.106. The quantitative estimate of drug-likeness (QED) is 0.829. The molecule has 0 atom stereocenters. The van der Waals surface area contributed by atoms with Crippen LogP contribution in [0.1, 0.15) is 10.4 Å². The number of nitrogens with one attached hydrogen (secondary N) is 1. The number of hydrogen-bond donors (Lipinski definition) is 2. The van der Waals surface area contributed by atoms with Gasteiger partial charge in [-0.2, -0.15) is 0 Å². The smallest absolute Gasteiger partial charge is 0.341 e. The molecular formula is C11H6ClFN2O4. The Morgan fingerprint density at radius 2 is 2.16 bits per heavy atom. The van der Waals surface area contributed by atoms with Crippen LogP contribution in [-0.2, 0) is 4.79 Å². The van der Waals surface area contributed by atoms with E-state index < -0.39 is 22.8 Å². The molecule has 2 aromatic rings. The van der Waals surface area contributed by atoms with Crippen molar-refractivity contribution in [3.63, 3.8) is 0 Å². The van der Waals surface area contributed by atoms with Gasteiger partial charge < -0.3 is 5.11 Å². The van der Waals surface area contributed by atoms with Gasteiger partial charge in [0.1, 0.15) is 11.4 Å². The van der Waals surface area contributed by atoms with Crippen LogP contribution in [0, 0.1) is 5.82 Å². The van der Waals surface area contributed by atoms with Gasteiger partial charge in [0.05, 0.1) is 15.9 Å². The maximum Gasteiger partial charge on any atom is 0.341 e. The fourth-order valence-electron chi connectivity index (χ4n) is 1.64. The normalized spacial score (nSPS) is 10.4. The van der Waals surface area contributed by atoms with Crippen LogP contribution in [-0.4, -0.2) is 22.2 Å². The molecule has 8 heteroatoms. The van der Waals surface area contributed by atoms with E-state index in [1.54, 1.807) is 0 Å². The molecule has 2 N–H and O–H groups in total. The molecule has 0 saturated carbocycles. The summed E-state index contributed by atoms with van der Waals surface area (Å²) in [6.07, 6.45) is 1.21. The van der Waals surface area contributed by atoms with Crippen LogP contribution in [0.15, 0.2) is 23.1 Å². The summed E-state index contributed by atoms with van der Waals surface area (Å²) in [5.41, 5.74) is 0.811. The Bertz CT molecular complexity index is 756. The van der Waals surface area contributed by atoms with Crippen LogP contribution in [0.3, 0.4) is 0 Å². The lowest BCUT2D eigenvalue weighted by Gasteiger charge is -2.10. The summed E-state index contributed by atoms with van der Waals surface area (Å²) in [6, 6.07) is 1.95. The molecule has 0 aliphatic carbocycles. The summed E-state index contributed by atoms with van der Waals surface area (Å²) in [7, 11) is 0. The third-order valence-electron chi connectivity index (χ3n) is 2.47. The molecule has 0 spiro atoms. The van der Waals surface area contributed by atoms with E-state index in [-0.39, 0.29) is 22.3 Å². The maximum atomic E-state index is 13.4. The Morgan fingerprint density at radius 3 is 2.74 bits per heavy atom. The largest absolute Gasteiger partial charge is 0.477 e. The maximum absolute atomic E-state index is 13.4. The van der Waals surface area contributed by atoms with E-state index >= 15 is 0 Å². The average Bonchev–Trinajstić information content (AvgIpc) is 2.35. The second-order valence-corrected chi connectivity index (χ2v) is 3.98. The number of amides is 1. The zero-order chi connectivity index (χ0) is 14.2. The van der Waals surface area contributed by atoms with Crippen LogP contribution < -0.4 is 10.9 Å². The van der Waals surface area contributed by atoms with E-state index in [4.69, 9.17) is 16.7 Å². The third-order valence-corrected chi connectivity index (χ3v) is 2.76. The molecule has 0 bridgehead atoms. The molecule has 19 heavy (non-hydrogen) atoms. The number of carbonyl (C=O) groups is 2. The summed E-state index contributed by atoms with van der Waals surface area (Å²) in [6.45, 7) is 0. The fourth-order valence-corrected chi connectivity index (χ4v) is 1.79. The topological polar surface area (TPSA) is 88.4 Å². The zero-order valence-electron chi connectivity index (χ0n) is 9.18. The fraction of sp³-hybridized carbons (Fsp3) is 0. The average molecular weight is 285 g/mol. The van der Waals surface area contributed by atoms with Gasteiger partial charge in [0, 0.05) is 6.20 Å². The molecule has 0 aliphatic heterocycles. The van der Waals surface area contributed by atoms with Gasteiger partial charge in [0.2, 0.25) is 11.8 Å². The van der Waals surface area contributed by atoms with Crippen LogP contribution in [0.5, 0.6) is 0 Å². The Kier molecular flexibility index (Phi) is 3.22. The molecule has 0 saturated heterocycles. The standard InChI is InChI=1S/C11H6ClFN2O4/c12-7-2-9-5(1-8(7)13)10(17)6(11(18)19)3-15(9)14-4-16/h1-4H,(H,14,16)(H,18,19). The number of carbonyl (C=O) groups excluding carboxylic acids is 1. The predicted octanol–water partition coefficient (Wildman–Crippen LogP) is 1.19. The van der Waals surface area contributed by atoms with Gasteiger partial charge in [-0.3, -0.25) is 19.7 Å². The molecule has 0 unspecified atom stereocenters. The van der Waals surface area contributed by atoms with E-state index in [1.165, 1.54) is 0 Å². The van der Waals surface area contributed by atoms with Gasteiger partial charge in [0.25, 0.3) is 0 Å². The highest BCUT2D eigenvalue weighted by Crippen LogP contribution is 2.21. The molecule has 0 radical (unpaired) electrons. The first kappa shape index (κ1) is 13.0. The van der Waals surface area contributed by atoms with E-state index in [9.17, 15) is 18.8 Å². The van der Waals surface area contributed by atoms with Crippen molar-refractivity contribution in [1.29, 1.82) is 0 Å². The van der Waals surface area contributed by atoms with E-state index in [1.807, 2.05) is 0 Å². The van der Waals surface area contributed by atoms with Crippen molar-refractivity contribution >= 4 is 34.9 Å². The van der Waals surface area contributed by atoms with Crippen LogP contribution in [0.25, 0.3) is 10.9 Å². The first-order valence-electron chi connectivity index (χ1n) is 4.93. The first-order valence-corrected chi connectivity index (χ1v) is 5.31. The van der Waals surface area contributed by atoms with Gasteiger partial charge in [-0.25, -0.2) is 9.18 Å².